The minimum Gasteiger partial charge on any atom is -0.388 e. The number of rotatable bonds is 45. The predicted octanol–water partition coefficient (Wildman–Crippen LogP) is 2.80. The fourth-order valence-electron chi connectivity index (χ4n) is 14.6. The number of nitrogens with one attached hydrogen (secondary N) is 8. The standard InChI is InChI=1S/C80H119N13O17/c1-13-50(6)70(91(10)79(106)68(48(2)3)89-78(105)69(49(4)5)90(8)9)60(108-11)46-67(98)92-42-24-30-59(92)73(109-12)51(7)74(101)88-57(43-53-25-17-14-18-26-53)75(102)82-40-38-52-32-34-55(35-33-52)85-76(103)56(29-23-39-83-80(81)107)87-77(104)58(44-54-27-19-15-20-28-54)86-64(95)45-61-71(99)72(100)62(110-61)47-84-63(94)31-21-16-22-41-93-65(96)36-37-66(93)97/h14-15,17-20,25-28,32-37,48-51,56-62,68-73,99-100H,13,16,21-24,29-31,38-47H2,1-12H3,(H,82,102)(H,84,94)(H,85,103)(H,86,95)(H,87,104)(H,88,101)(H,89,105)(H3,81,83,107)/t50?,51?,56?,57-,58+,59?,60?,61-,62+,68-,69?,70?,71?,72?,73?/m0/s1. The maximum atomic E-state index is 14.7. The fraction of sp³-hybridized carbons (Fsp3) is 0.600. The number of unbranched alkanes of at least 4 members (excludes halogenated alkanes) is 2. The highest BCUT2D eigenvalue weighted by atomic mass is 16.5. The molecule has 3 aromatic rings. The van der Waals surface area contributed by atoms with Crippen LogP contribution in [0.25, 0.3) is 0 Å². The minimum absolute atomic E-state index is 0.0135. The molecule has 12 N–H and O–H groups in total. The molecule has 6 rings (SSSR count). The first-order valence-electron chi connectivity index (χ1n) is 38.5. The molecule has 3 heterocycles. The molecule has 2 saturated heterocycles. The van der Waals surface area contributed by atoms with Crippen LogP contribution in [0.4, 0.5) is 10.5 Å². The molecule has 0 radical (unpaired) electrons. The van der Waals surface area contributed by atoms with Crippen molar-refractivity contribution >= 4 is 76.7 Å². The first-order chi connectivity index (χ1) is 52.4. The van der Waals surface area contributed by atoms with E-state index in [1.807, 2.05) is 90.9 Å². The van der Waals surface area contributed by atoms with Crippen molar-refractivity contribution in [2.75, 3.05) is 73.4 Å². The number of primary amides is 1. The molecule has 0 aromatic heterocycles. The highest BCUT2D eigenvalue weighted by Crippen LogP contribution is 2.31. The number of likely N-dealkylation sites (N-methyl/N-ethyl adjacent to an activating group) is 2. The van der Waals surface area contributed by atoms with E-state index in [0.29, 0.717) is 62.7 Å². The molecule has 0 aliphatic carbocycles. The average molecular weight is 1530 g/mol. The molecule has 110 heavy (non-hydrogen) atoms. The van der Waals surface area contributed by atoms with Crippen molar-refractivity contribution in [3.8, 4) is 0 Å². The summed E-state index contributed by atoms with van der Waals surface area (Å²) in [6, 6.07) is 18.2. The molecule has 2 fully saturated rings. The molecule has 15 atom stereocenters. The molecule has 3 aromatic carbocycles. The van der Waals surface area contributed by atoms with Crippen LogP contribution < -0.4 is 48.3 Å². The molecule has 30 nitrogen and oxygen atoms in total. The first kappa shape index (κ1) is 89.7. The summed E-state index contributed by atoms with van der Waals surface area (Å²) in [4.78, 5) is 168. The average Bonchev–Trinajstić information content (AvgIpc) is 1.50. The van der Waals surface area contributed by atoms with Gasteiger partial charge in [-0.05, 0) is 106 Å². The zero-order valence-corrected chi connectivity index (χ0v) is 65.9. The van der Waals surface area contributed by atoms with Gasteiger partial charge in [0.2, 0.25) is 53.2 Å². The third-order valence-electron chi connectivity index (χ3n) is 20.9. The van der Waals surface area contributed by atoms with Crippen LogP contribution in [-0.2, 0) is 86.2 Å². The van der Waals surface area contributed by atoms with Gasteiger partial charge < -0.3 is 82.5 Å². The van der Waals surface area contributed by atoms with E-state index in [1.54, 1.807) is 78.4 Å². The van der Waals surface area contributed by atoms with Crippen molar-refractivity contribution in [3.05, 3.63) is 114 Å². The third-order valence-corrected chi connectivity index (χ3v) is 20.9. The van der Waals surface area contributed by atoms with Crippen molar-refractivity contribution in [2.45, 2.75) is 217 Å². The Morgan fingerprint density at radius 2 is 1.25 bits per heavy atom. The number of carbonyl (C=O) groups excluding carboxylic acids is 12. The summed E-state index contributed by atoms with van der Waals surface area (Å²) in [7, 11) is 8.38. The Morgan fingerprint density at radius 1 is 0.636 bits per heavy atom. The largest absolute Gasteiger partial charge is 0.388 e. The van der Waals surface area contributed by atoms with E-state index < -0.39 is 127 Å². The first-order valence-corrected chi connectivity index (χ1v) is 38.5. The molecular weight excluding hydrogens is 1410 g/mol. The number of anilines is 1. The second-order valence-corrected chi connectivity index (χ2v) is 29.9. The molecular formula is C80H119N13O17. The summed E-state index contributed by atoms with van der Waals surface area (Å²) in [5.74, 6) is -6.11. The van der Waals surface area contributed by atoms with Crippen molar-refractivity contribution in [1.29, 1.82) is 0 Å². The lowest BCUT2D eigenvalue weighted by Crippen LogP contribution is -2.59. The van der Waals surface area contributed by atoms with E-state index in [0.717, 1.165) is 16.0 Å². The minimum atomic E-state index is -1.53. The molecule has 30 heteroatoms. The summed E-state index contributed by atoms with van der Waals surface area (Å²) >= 11 is 0. The number of imide groups is 1. The highest BCUT2D eigenvalue weighted by molar-refractivity contribution is 6.12. The van der Waals surface area contributed by atoms with Gasteiger partial charge in [-0.1, -0.05) is 134 Å². The van der Waals surface area contributed by atoms with Gasteiger partial charge in [-0.2, -0.15) is 0 Å². The lowest BCUT2D eigenvalue weighted by atomic mass is 9.89. The Hall–Kier alpha value is -9.20. The van der Waals surface area contributed by atoms with Crippen LogP contribution in [0.2, 0.25) is 0 Å². The highest BCUT2D eigenvalue weighted by Gasteiger charge is 2.46. The Kier molecular flexibility index (Phi) is 36.4. The van der Waals surface area contributed by atoms with Gasteiger partial charge in [-0.3, -0.25) is 62.5 Å². The molecule has 606 valence electrons. The molecule has 0 bridgehead atoms. The quantitative estimate of drug-likeness (QED) is 0.0286. The number of urea groups is 1. The number of ether oxygens (including phenoxy) is 3. The zero-order chi connectivity index (χ0) is 80.9. The number of hydrogen-bond acceptors (Lipinski definition) is 18. The van der Waals surface area contributed by atoms with Crippen molar-refractivity contribution in [3.63, 3.8) is 0 Å². The Labute approximate surface area is 646 Å². The predicted molar refractivity (Wildman–Crippen MR) is 413 cm³/mol. The van der Waals surface area contributed by atoms with Crippen LogP contribution in [0, 0.1) is 23.7 Å². The Bertz CT molecular complexity index is 3540. The molecule has 0 spiro atoms. The van der Waals surface area contributed by atoms with Gasteiger partial charge in [0.15, 0.2) is 0 Å². The van der Waals surface area contributed by atoms with E-state index in [4.69, 9.17) is 19.9 Å². The molecule has 3 aliphatic rings. The third kappa shape index (κ3) is 26.8. The summed E-state index contributed by atoms with van der Waals surface area (Å²) in [6.45, 7) is 14.1. The molecule has 13 amide bonds. The summed E-state index contributed by atoms with van der Waals surface area (Å²) in [5.41, 5.74) is 7.90. The number of likely N-dealkylation sites (tertiary alicyclic amines) is 1. The van der Waals surface area contributed by atoms with Crippen LogP contribution in [0.3, 0.4) is 0 Å². The van der Waals surface area contributed by atoms with Crippen LogP contribution in [0.1, 0.15) is 136 Å². The number of aliphatic hydroxyl groups excluding tert-OH is 2. The Balaban J connectivity index is 1.05. The number of amides is 13. The lowest BCUT2D eigenvalue weighted by Gasteiger charge is -2.41. The second kappa shape index (κ2) is 44.6. The van der Waals surface area contributed by atoms with Crippen LogP contribution in [-0.4, -0.2) is 248 Å². The van der Waals surface area contributed by atoms with E-state index in [9.17, 15) is 67.7 Å². The van der Waals surface area contributed by atoms with Crippen LogP contribution in [0.5, 0.6) is 0 Å². The number of benzene rings is 3. The number of nitrogens with zero attached hydrogens (tertiary/aromatic N) is 4. The summed E-state index contributed by atoms with van der Waals surface area (Å²) in [5, 5.41) is 44.4. The number of hydrogen-bond donors (Lipinski definition) is 11. The summed E-state index contributed by atoms with van der Waals surface area (Å²) < 4.78 is 18.1. The van der Waals surface area contributed by atoms with Gasteiger partial charge in [0, 0.05) is 91.1 Å². The number of aliphatic hydroxyl groups is 2. The van der Waals surface area contributed by atoms with E-state index in [2.05, 4.69) is 42.5 Å². The van der Waals surface area contributed by atoms with Gasteiger partial charge in [0.25, 0.3) is 11.8 Å². The summed E-state index contributed by atoms with van der Waals surface area (Å²) in [6.07, 6.45) is -0.819. The normalized spacial score (nSPS) is 19.7. The molecule has 10 unspecified atom stereocenters. The van der Waals surface area contributed by atoms with Gasteiger partial charge in [-0.25, -0.2) is 4.79 Å². The van der Waals surface area contributed by atoms with E-state index in [-0.39, 0.29) is 118 Å². The van der Waals surface area contributed by atoms with Crippen molar-refractivity contribution in [1.82, 2.24) is 56.8 Å². The van der Waals surface area contributed by atoms with Crippen LogP contribution in [0.15, 0.2) is 97.1 Å². The number of carbonyl (C=O) groups is 12. The van der Waals surface area contributed by atoms with Gasteiger partial charge in [-0.15, -0.1) is 0 Å². The fourth-order valence-corrected chi connectivity index (χ4v) is 14.6. The van der Waals surface area contributed by atoms with Crippen LogP contribution >= 0.6 is 0 Å². The van der Waals surface area contributed by atoms with E-state index >= 15 is 0 Å². The smallest absolute Gasteiger partial charge is 0.312 e. The van der Waals surface area contributed by atoms with Gasteiger partial charge in [0.1, 0.15) is 42.5 Å². The maximum absolute atomic E-state index is 14.7. The monoisotopic (exact) mass is 1530 g/mol. The number of nitrogens with two attached hydrogens (primary N) is 1. The SMILES string of the molecule is CCC(C)C(C(CC(=O)N1CCCC1C(OC)C(C)C(=O)N[C@@H](Cc1ccccc1)C(=O)NCCc1ccc(NC(=O)C(CCCNC(N)=O)NC(=O)[C@@H](Cc2ccccc2)NC(=O)C[C@@H]2O[C@H](CNC(=O)CCCCCN3C(=O)C=CC3=O)C(O)C2O)cc1)OC)N(C)C(=O)[C@@H](NC(=O)C(C(C)C)N(C)C)C(C)C. The second-order valence-electron chi connectivity index (χ2n) is 29.9. The van der Waals surface area contributed by atoms with Crippen molar-refractivity contribution < 1.29 is 82.0 Å². The lowest BCUT2D eigenvalue weighted by molar-refractivity contribution is -0.148. The van der Waals surface area contributed by atoms with E-state index in [1.165, 1.54) is 26.4 Å². The molecule has 3 aliphatic heterocycles. The topological polar surface area (TPSA) is 408 Å². The van der Waals surface area contributed by atoms with Crippen molar-refractivity contribution in [2.24, 2.45) is 29.4 Å². The maximum Gasteiger partial charge on any atom is 0.312 e. The zero-order valence-electron chi connectivity index (χ0n) is 65.9. The molecule has 0 saturated carbocycles. The number of methoxy groups -OCH3 is 2. The Morgan fingerprint density at radius 3 is 1.82 bits per heavy atom. The van der Waals surface area contributed by atoms with Gasteiger partial charge in [0.05, 0.1) is 55.2 Å². The van der Waals surface area contributed by atoms with Gasteiger partial charge >= 0.3 is 6.03 Å².